The number of carboxylic acid groups (broad SMARTS) is 1. The van der Waals surface area contributed by atoms with Gasteiger partial charge in [0.25, 0.3) is 5.91 Å². The molecular weight excluding hydrogens is 451 g/mol. The number of aliphatic carboxylic acids is 1. The summed E-state index contributed by atoms with van der Waals surface area (Å²) in [5.41, 5.74) is 1.30. The fraction of sp³-hybridized carbons (Fsp3) is 0.333. The van der Waals surface area contributed by atoms with Gasteiger partial charge >= 0.3 is 12.1 Å². The van der Waals surface area contributed by atoms with Gasteiger partial charge in [-0.15, -0.1) is 0 Å². The maximum Gasteiger partial charge on any atom is 0.490 e. The number of pyridine rings is 1. The summed E-state index contributed by atoms with van der Waals surface area (Å²) in [7, 11) is 0. The molecule has 172 valence electrons. The van der Waals surface area contributed by atoms with Crippen molar-refractivity contribution in [3.8, 4) is 0 Å². The van der Waals surface area contributed by atoms with Crippen LogP contribution in [0.3, 0.4) is 0 Å². The van der Waals surface area contributed by atoms with Gasteiger partial charge in [0.05, 0.1) is 0 Å². The van der Waals surface area contributed by atoms with Gasteiger partial charge in [0, 0.05) is 24.3 Å². The van der Waals surface area contributed by atoms with E-state index in [0.29, 0.717) is 30.2 Å². The Morgan fingerprint density at radius 1 is 1.19 bits per heavy atom. The van der Waals surface area contributed by atoms with E-state index in [1.807, 2.05) is 24.3 Å². The van der Waals surface area contributed by atoms with Crippen molar-refractivity contribution in [1.29, 1.82) is 0 Å². The number of hydrogen-bond acceptors (Lipinski definition) is 4. The van der Waals surface area contributed by atoms with Crippen LogP contribution in [-0.2, 0) is 16.1 Å². The highest BCUT2D eigenvalue weighted by Gasteiger charge is 2.38. The SMILES string of the molecule is O=C(NC1CCCCN(Cc2cccc(Cl)c2)C1=O)c1ccccn1.O=C(O)C(F)(F)F. The normalized spacial score (nSPS) is 16.4. The summed E-state index contributed by atoms with van der Waals surface area (Å²) in [6.45, 7) is 1.18. The predicted octanol–water partition coefficient (Wildman–Crippen LogP) is 3.68. The van der Waals surface area contributed by atoms with Gasteiger partial charge < -0.3 is 15.3 Å². The number of carbonyl (C=O) groups is 3. The van der Waals surface area contributed by atoms with E-state index in [0.717, 1.165) is 18.4 Å². The third kappa shape index (κ3) is 7.84. The van der Waals surface area contributed by atoms with Crippen LogP contribution in [0.5, 0.6) is 0 Å². The first-order valence-corrected chi connectivity index (χ1v) is 10.0. The van der Waals surface area contributed by atoms with Crippen molar-refractivity contribution in [2.24, 2.45) is 0 Å². The van der Waals surface area contributed by atoms with Crippen LogP contribution in [0.4, 0.5) is 13.2 Å². The number of aromatic nitrogens is 1. The van der Waals surface area contributed by atoms with Gasteiger partial charge in [0.1, 0.15) is 11.7 Å². The third-order valence-corrected chi connectivity index (χ3v) is 4.72. The van der Waals surface area contributed by atoms with Crippen LogP contribution in [0.15, 0.2) is 48.7 Å². The highest BCUT2D eigenvalue weighted by molar-refractivity contribution is 6.30. The standard InChI is InChI=1S/C19H20ClN3O2.C2HF3O2/c20-15-7-5-6-14(12-15)13-23-11-4-2-9-17(19(23)25)22-18(24)16-8-1-3-10-21-16;3-2(4,5)1(6)7/h1,3,5-8,10,12,17H,2,4,9,11,13H2,(H,22,24);(H,6,7). The maximum absolute atomic E-state index is 12.9. The Kier molecular flexibility index (Phi) is 9.01. The Balaban J connectivity index is 0.000000451. The quantitative estimate of drug-likeness (QED) is 0.708. The van der Waals surface area contributed by atoms with E-state index in [1.165, 1.54) is 0 Å². The number of amides is 2. The van der Waals surface area contributed by atoms with Gasteiger partial charge in [0.15, 0.2) is 0 Å². The molecule has 0 aliphatic carbocycles. The molecule has 0 radical (unpaired) electrons. The summed E-state index contributed by atoms with van der Waals surface area (Å²) >= 11 is 6.03. The molecule has 1 aliphatic heterocycles. The van der Waals surface area contributed by atoms with Crippen molar-refractivity contribution in [3.05, 3.63) is 64.9 Å². The highest BCUT2D eigenvalue weighted by Crippen LogP contribution is 2.18. The molecular formula is C21H21ClF3N3O4. The molecule has 11 heteroatoms. The van der Waals surface area contributed by atoms with Crippen LogP contribution in [0.2, 0.25) is 5.02 Å². The van der Waals surface area contributed by atoms with E-state index >= 15 is 0 Å². The summed E-state index contributed by atoms with van der Waals surface area (Å²) in [4.78, 5) is 39.9. The molecule has 1 aliphatic rings. The zero-order chi connectivity index (χ0) is 23.7. The number of hydrogen-bond donors (Lipinski definition) is 2. The van der Waals surface area contributed by atoms with E-state index in [-0.39, 0.29) is 11.8 Å². The molecule has 0 spiro atoms. The van der Waals surface area contributed by atoms with Crippen molar-refractivity contribution in [1.82, 2.24) is 15.2 Å². The number of carbonyl (C=O) groups excluding carboxylic acids is 2. The van der Waals surface area contributed by atoms with Crippen LogP contribution in [0.25, 0.3) is 0 Å². The smallest absolute Gasteiger partial charge is 0.475 e. The molecule has 7 nitrogen and oxygen atoms in total. The largest absolute Gasteiger partial charge is 0.490 e. The lowest BCUT2D eigenvalue weighted by Crippen LogP contribution is -2.47. The number of alkyl halides is 3. The molecule has 1 atom stereocenters. The van der Waals surface area contributed by atoms with E-state index < -0.39 is 18.2 Å². The molecule has 1 aromatic carbocycles. The minimum Gasteiger partial charge on any atom is -0.475 e. The van der Waals surface area contributed by atoms with Crippen LogP contribution >= 0.6 is 11.6 Å². The Morgan fingerprint density at radius 3 is 2.50 bits per heavy atom. The summed E-state index contributed by atoms with van der Waals surface area (Å²) in [5.74, 6) is -3.13. The number of benzene rings is 1. The summed E-state index contributed by atoms with van der Waals surface area (Å²) in [5, 5.41) is 10.6. The van der Waals surface area contributed by atoms with E-state index in [2.05, 4.69) is 10.3 Å². The second-order valence-corrected chi connectivity index (χ2v) is 7.37. The molecule has 1 fully saturated rings. The lowest BCUT2D eigenvalue weighted by atomic mass is 10.1. The molecule has 2 N–H and O–H groups in total. The minimum absolute atomic E-state index is 0.0539. The summed E-state index contributed by atoms with van der Waals surface area (Å²) < 4.78 is 31.7. The molecule has 1 aromatic heterocycles. The predicted molar refractivity (Wildman–Crippen MR) is 110 cm³/mol. The van der Waals surface area contributed by atoms with Gasteiger partial charge in [0.2, 0.25) is 5.91 Å². The zero-order valence-electron chi connectivity index (χ0n) is 16.8. The summed E-state index contributed by atoms with van der Waals surface area (Å²) in [6.07, 6.45) is -1.06. The highest BCUT2D eigenvalue weighted by atomic mass is 35.5. The number of nitrogens with one attached hydrogen (secondary N) is 1. The topological polar surface area (TPSA) is 99.6 Å². The first-order valence-electron chi connectivity index (χ1n) is 9.63. The fourth-order valence-corrected chi connectivity index (χ4v) is 3.19. The van der Waals surface area contributed by atoms with Crippen LogP contribution in [0.1, 0.15) is 35.3 Å². The minimum atomic E-state index is -5.08. The van der Waals surface area contributed by atoms with Crippen molar-refractivity contribution < 1.29 is 32.7 Å². The fourth-order valence-electron chi connectivity index (χ4n) is 2.98. The second kappa shape index (κ2) is 11.5. The zero-order valence-corrected chi connectivity index (χ0v) is 17.6. The lowest BCUT2D eigenvalue weighted by Gasteiger charge is -2.25. The van der Waals surface area contributed by atoms with Crippen molar-refractivity contribution in [3.63, 3.8) is 0 Å². The number of halogens is 4. The molecule has 3 rings (SSSR count). The second-order valence-electron chi connectivity index (χ2n) is 6.93. The molecule has 0 bridgehead atoms. The molecule has 0 saturated carbocycles. The molecule has 2 aromatic rings. The van der Waals surface area contributed by atoms with Crippen molar-refractivity contribution in [2.45, 2.75) is 38.0 Å². The van der Waals surface area contributed by atoms with E-state index in [4.69, 9.17) is 21.5 Å². The van der Waals surface area contributed by atoms with Crippen LogP contribution < -0.4 is 5.32 Å². The molecule has 1 saturated heterocycles. The first kappa shape index (κ1) is 25.1. The third-order valence-electron chi connectivity index (χ3n) is 4.49. The van der Waals surface area contributed by atoms with Crippen molar-refractivity contribution in [2.75, 3.05) is 6.54 Å². The summed E-state index contributed by atoms with van der Waals surface area (Å²) in [6, 6.07) is 12.1. The number of carboxylic acids is 1. The van der Waals surface area contributed by atoms with Crippen molar-refractivity contribution >= 4 is 29.4 Å². The maximum atomic E-state index is 12.9. The molecule has 2 amide bonds. The first-order chi connectivity index (χ1) is 15.1. The van der Waals surface area contributed by atoms with Gasteiger partial charge in [-0.1, -0.05) is 29.8 Å². The Labute approximate surface area is 187 Å². The number of nitrogens with zero attached hydrogens (tertiary/aromatic N) is 2. The Hall–Kier alpha value is -3.14. The van der Waals surface area contributed by atoms with Crippen LogP contribution in [-0.4, -0.2) is 51.5 Å². The number of likely N-dealkylation sites (tertiary alicyclic amines) is 1. The Morgan fingerprint density at radius 2 is 1.91 bits per heavy atom. The average molecular weight is 472 g/mol. The van der Waals surface area contributed by atoms with Gasteiger partial charge in [-0.3, -0.25) is 14.6 Å². The molecule has 32 heavy (non-hydrogen) atoms. The van der Waals surface area contributed by atoms with Crippen LogP contribution in [0, 0.1) is 0 Å². The van der Waals surface area contributed by atoms with Gasteiger partial charge in [-0.2, -0.15) is 13.2 Å². The van der Waals surface area contributed by atoms with Gasteiger partial charge in [-0.05, 0) is 49.1 Å². The average Bonchev–Trinajstić information content (AvgIpc) is 2.90. The monoisotopic (exact) mass is 471 g/mol. The number of rotatable bonds is 4. The van der Waals surface area contributed by atoms with E-state index in [1.54, 1.807) is 29.3 Å². The van der Waals surface area contributed by atoms with Gasteiger partial charge in [-0.25, -0.2) is 4.79 Å². The Bertz CT molecular complexity index is 941. The molecule has 2 heterocycles. The lowest BCUT2D eigenvalue weighted by molar-refractivity contribution is -0.192. The van der Waals surface area contributed by atoms with E-state index in [9.17, 15) is 22.8 Å². The molecule has 1 unspecified atom stereocenters.